The predicted octanol–water partition coefficient (Wildman–Crippen LogP) is 20.8. The summed E-state index contributed by atoms with van der Waals surface area (Å²) in [5.74, 6) is -1.02. The minimum atomic E-state index is -0.822. The third-order valence-corrected chi connectivity index (χ3v) is 12.7. The lowest BCUT2D eigenvalue weighted by Crippen LogP contribution is -2.30. The van der Waals surface area contributed by atoms with Crippen LogP contribution in [0.3, 0.4) is 0 Å². The minimum Gasteiger partial charge on any atom is -0.462 e. The van der Waals surface area contributed by atoms with E-state index in [1.54, 1.807) is 0 Å². The van der Waals surface area contributed by atoms with Gasteiger partial charge in [0, 0.05) is 19.3 Å². The molecular weight excluding hydrogens is 913 g/mol. The topological polar surface area (TPSA) is 78.9 Å². The summed E-state index contributed by atoms with van der Waals surface area (Å²) >= 11 is 0. The minimum absolute atomic E-state index is 0.113. The van der Waals surface area contributed by atoms with Crippen LogP contribution in [0, 0.1) is 0 Å². The molecule has 0 spiro atoms. The van der Waals surface area contributed by atoms with Crippen molar-refractivity contribution in [3.05, 3.63) is 122 Å². The van der Waals surface area contributed by atoms with Crippen LogP contribution >= 0.6 is 0 Å². The van der Waals surface area contributed by atoms with E-state index in [0.29, 0.717) is 19.3 Å². The van der Waals surface area contributed by atoms with E-state index in [2.05, 4.69) is 136 Å². The van der Waals surface area contributed by atoms with Gasteiger partial charge >= 0.3 is 17.9 Å². The molecule has 0 aromatic heterocycles. The second kappa shape index (κ2) is 61.4. The van der Waals surface area contributed by atoms with Gasteiger partial charge in [-0.1, -0.05) is 264 Å². The molecule has 0 aliphatic carbocycles. The van der Waals surface area contributed by atoms with Gasteiger partial charge in [-0.25, -0.2) is 0 Å². The average Bonchev–Trinajstić information content (AvgIpc) is 3.40. The molecule has 0 aliphatic rings. The van der Waals surface area contributed by atoms with E-state index in [9.17, 15) is 14.4 Å². The van der Waals surface area contributed by atoms with Gasteiger partial charge < -0.3 is 14.2 Å². The number of esters is 3. The summed E-state index contributed by atoms with van der Waals surface area (Å²) in [5.41, 5.74) is 0. The molecule has 0 N–H and O–H groups in total. The molecule has 0 radical (unpaired) electrons. The molecule has 0 aliphatic heterocycles. The molecule has 0 saturated carbocycles. The Morgan fingerprint density at radius 1 is 0.297 bits per heavy atom. The Bertz CT molecular complexity index is 1550. The van der Waals surface area contributed by atoms with E-state index in [1.807, 2.05) is 6.08 Å². The summed E-state index contributed by atoms with van der Waals surface area (Å²) in [7, 11) is 0. The van der Waals surface area contributed by atoms with E-state index in [4.69, 9.17) is 14.2 Å². The number of rotatable bonds is 54. The molecule has 0 fully saturated rings. The van der Waals surface area contributed by atoms with E-state index in [1.165, 1.54) is 128 Å². The number of hydrogen-bond acceptors (Lipinski definition) is 6. The number of carbonyl (C=O) groups excluding carboxylic acids is 3. The fourth-order valence-electron chi connectivity index (χ4n) is 8.16. The second-order valence-corrected chi connectivity index (χ2v) is 19.9. The van der Waals surface area contributed by atoms with Gasteiger partial charge in [-0.15, -0.1) is 0 Å². The van der Waals surface area contributed by atoms with Gasteiger partial charge in [0.15, 0.2) is 6.10 Å². The Balaban J connectivity index is 4.54. The van der Waals surface area contributed by atoms with Gasteiger partial charge in [-0.2, -0.15) is 0 Å². The van der Waals surface area contributed by atoms with Crippen molar-refractivity contribution in [2.45, 2.75) is 277 Å². The quantitative estimate of drug-likeness (QED) is 0.0199. The van der Waals surface area contributed by atoms with Crippen molar-refractivity contribution in [1.82, 2.24) is 0 Å². The van der Waals surface area contributed by atoms with Crippen molar-refractivity contribution in [2.24, 2.45) is 0 Å². The normalized spacial score (nSPS) is 13.0. The SMILES string of the molecule is CC/C=C\C/C=C\C/C=C\C/C=C\C/C=C\C/C=C\CCC(=O)OCC(COC(=O)CCCCCCC/C=C\C=C/CCCCCCCCC)OC(=O)CCCCCCCCCCCC/C=C\C=C/CCCCC. The fraction of sp³-hybridized carbons (Fsp3) is 0.662. The molecule has 6 heteroatoms. The lowest BCUT2D eigenvalue weighted by Gasteiger charge is -2.18. The van der Waals surface area contributed by atoms with Crippen LogP contribution in [0.2, 0.25) is 0 Å². The van der Waals surface area contributed by atoms with Gasteiger partial charge in [0.2, 0.25) is 0 Å². The zero-order chi connectivity index (χ0) is 53.6. The molecule has 1 atom stereocenters. The van der Waals surface area contributed by atoms with E-state index < -0.39 is 6.10 Å². The zero-order valence-corrected chi connectivity index (χ0v) is 48.1. The van der Waals surface area contributed by atoms with Crippen molar-refractivity contribution in [3.8, 4) is 0 Å². The molecule has 0 aromatic rings. The summed E-state index contributed by atoms with van der Waals surface area (Å²) in [5, 5.41) is 0. The van der Waals surface area contributed by atoms with Crippen LogP contribution in [0.25, 0.3) is 0 Å². The molecule has 0 rings (SSSR count). The fourth-order valence-corrected chi connectivity index (χ4v) is 8.16. The van der Waals surface area contributed by atoms with Gasteiger partial charge in [0.1, 0.15) is 13.2 Å². The van der Waals surface area contributed by atoms with Gasteiger partial charge in [-0.05, 0) is 109 Å². The molecule has 0 heterocycles. The van der Waals surface area contributed by atoms with Crippen LogP contribution in [-0.2, 0) is 28.6 Å². The summed E-state index contributed by atoms with van der Waals surface area (Å²) in [6.45, 7) is 6.42. The highest BCUT2D eigenvalue weighted by molar-refractivity contribution is 5.71. The van der Waals surface area contributed by atoms with Crippen LogP contribution in [-0.4, -0.2) is 37.2 Å². The van der Waals surface area contributed by atoms with E-state index in [0.717, 1.165) is 96.3 Å². The van der Waals surface area contributed by atoms with Crippen molar-refractivity contribution in [1.29, 1.82) is 0 Å². The zero-order valence-electron chi connectivity index (χ0n) is 48.1. The first kappa shape index (κ1) is 69.8. The molecule has 0 aromatic carbocycles. The highest BCUT2D eigenvalue weighted by Gasteiger charge is 2.19. The Labute approximate surface area is 456 Å². The maximum absolute atomic E-state index is 12.9. The molecule has 74 heavy (non-hydrogen) atoms. The van der Waals surface area contributed by atoms with Gasteiger partial charge in [-0.3, -0.25) is 14.4 Å². The Morgan fingerprint density at radius 2 is 0.595 bits per heavy atom. The van der Waals surface area contributed by atoms with E-state index in [-0.39, 0.29) is 37.5 Å². The predicted molar refractivity (Wildman–Crippen MR) is 320 cm³/mol. The average molecular weight is 1030 g/mol. The van der Waals surface area contributed by atoms with Crippen LogP contribution in [0.5, 0.6) is 0 Å². The first-order chi connectivity index (χ1) is 36.5. The number of carbonyl (C=O) groups is 3. The van der Waals surface area contributed by atoms with Crippen LogP contribution in [0.1, 0.15) is 271 Å². The number of hydrogen-bond donors (Lipinski definition) is 0. The lowest BCUT2D eigenvalue weighted by atomic mass is 10.1. The van der Waals surface area contributed by atoms with Gasteiger partial charge in [0.25, 0.3) is 0 Å². The molecule has 6 nitrogen and oxygen atoms in total. The highest BCUT2D eigenvalue weighted by atomic mass is 16.6. The molecule has 0 bridgehead atoms. The van der Waals surface area contributed by atoms with Crippen molar-refractivity contribution in [2.75, 3.05) is 13.2 Å². The monoisotopic (exact) mass is 1020 g/mol. The molecule has 0 amide bonds. The summed E-state index contributed by atoms with van der Waals surface area (Å²) in [6, 6.07) is 0. The summed E-state index contributed by atoms with van der Waals surface area (Å²) in [4.78, 5) is 38.2. The number of unbranched alkanes of at least 4 members (excludes halogenated alkanes) is 25. The van der Waals surface area contributed by atoms with Crippen LogP contribution < -0.4 is 0 Å². The van der Waals surface area contributed by atoms with Gasteiger partial charge in [0.05, 0.1) is 0 Å². The third-order valence-electron chi connectivity index (χ3n) is 12.7. The van der Waals surface area contributed by atoms with Crippen molar-refractivity contribution in [3.63, 3.8) is 0 Å². The number of allylic oxidation sites excluding steroid dienone is 20. The summed E-state index contributed by atoms with van der Waals surface area (Å²) < 4.78 is 16.8. The Morgan fingerprint density at radius 3 is 0.986 bits per heavy atom. The first-order valence-corrected chi connectivity index (χ1v) is 30.6. The molecule has 1 unspecified atom stereocenters. The maximum atomic E-state index is 12.9. The Kier molecular flexibility index (Phi) is 57.9. The van der Waals surface area contributed by atoms with Crippen LogP contribution in [0.15, 0.2) is 122 Å². The Hall–Kier alpha value is -4.19. The van der Waals surface area contributed by atoms with E-state index >= 15 is 0 Å². The highest BCUT2D eigenvalue weighted by Crippen LogP contribution is 2.15. The second-order valence-electron chi connectivity index (χ2n) is 19.9. The standard InChI is InChI=1S/C68H112O6/c1-4-7-10-13-16-19-22-25-28-31-34-37-40-43-46-49-52-55-58-61-67(70)73-64-65(63-72-66(69)60-57-54-51-48-45-42-39-36-33-30-27-24-21-18-15-12-9-6-3)74-68(71)62-59-56-53-50-47-44-41-38-35-32-29-26-23-20-17-14-11-8-5-2/h7,10,16-17,19-20,23,25-26,28,30,33-34,36-37,39,43,46,52,55,65H,4-6,8-9,11-15,18,21-22,24,27,29,31-32,35,38,40-42,44-45,47-51,53-54,56-64H2,1-3H3/b10-7-,19-16-,20-17-,26-23-,28-25-,33-30-,37-34-,39-36-,46-43-,55-52-. The summed E-state index contributed by atoms with van der Waals surface area (Å²) in [6.07, 6.45) is 84.9. The third kappa shape index (κ3) is 58.7. The number of ether oxygens (including phenoxy) is 3. The lowest BCUT2D eigenvalue weighted by molar-refractivity contribution is -0.166. The first-order valence-electron chi connectivity index (χ1n) is 30.6. The molecular formula is C68H112O6. The van der Waals surface area contributed by atoms with Crippen LogP contribution in [0.4, 0.5) is 0 Å². The van der Waals surface area contributed by atoms with Crippen molar-refractivity contribution < 1.29 is 28.6 Å². The molecule has 420 valence electrons. The molecule has 0 saturated heterocycles. The maximum Gasteiger partial charge on any atom is 0.306 e. The largest absolute Gasteiger partial charge is 0.462 e. The smallest absolute Gasteiger partial charge is 0.306 e. The van der Waals surface area contributed by atoms with Crippen molar-refractivity contribution >= 4 is 17.9 Å².